The zero-order valence-corrected chi connectivity index (χ0v) is 14.9. The minimum Gasteiger partial charge on any atom is -0.398 e. The van der Waals surface area contributed by atoms with Gasteiger partial charge in [0, 0.05) is 48.3 Å². The Labute approximate surface area is 153 Å². The van der Waals surface area contributed by atoms with Crippen molar-refractivity contribution >= 4 is 33.5 Å². The molecular formula is C21H23N5. The molecule has 1 saturated heterocycles. The van der Waals surface area contributed by atoms with Crippen LogP contribution in [0.3, 0.4) is 0 Å². The van der Waals surface area contributed by atoms with Crippen LogP contribution in [0.25, 0.3) is 10.8 Å². The van der Waals surface area contributed by atoms with Crippen LogP contribution in [-0.2, 0) is 0 Å². The lowest BCUT2D eigenvalue weighted by Crippen LogP contribution is -2.43. The van der Waals surface area contributed by atoms with Crippen LogP contribution in [0, 0.1) is 6.92 Å². The highest BCUT2D eigenvalue weighted by atomic mass is 15.2. The second-order valence-electron chi connectivity index (χ2n) is 6.63. The molecule has 4 rings (SSSR count). The number of hydrogen-bond acceptors (Lipinski definition) is 5. The van der Waals surface area contributed by atoms with E-state index in [4.69, 9.17) is 5.73 Å². The number of nitrogen functional groups attached to an aromatic ring is 1. The summed E-state index contributed by atoms with van der Waals surface area (Å²) in [6, 6.07) is 18.1. The molecule has 0 aromatic heterocycles. The smallest absolute Gasteiger partial charge is 0.0936 e. The van der Waals surface area contributed by atoms with Crippen molar-refractivity contribution in [3.05, 3.63) is 60.2 Å². The molecule has 1 aliphatic heterocycles. The van der Waals surface area contributed by atoms with Crippen molar-refractivity contribution < 1.29 is 0 Å². The number of piperazine rings is 1. The summed E-state index contributed by atoms with van der Waals surface area (Å²) in [4.78, 5) is 2.42. The van der Waals surface area contributed by atoms with Gasteiger partial charge >= 0.3 is 0 Å². The van der Waals surface area contributed by atoms with Gasteiger partial charge in [-0.1, -0.05) is 24.3 Å². The number of nitrogens with one attached hydrogen (secondary N) is 1. The van der Waals surface area contributed by atoms with E-state index in [0.29, 0.717) is 0 Å². The maximum absolute atomic E-state index is 6.06. The Morgan fingerprint density at radius 1 is 0.923 bits per heavy atom. The van der Waals surface area contributed by atoms with Crippen LogP contribution in [0.1, 0.15) is 5.56 Å². The molecule has 0 bridgehead atoms. The van der Waals surface area contributed by atoms with Gasteiger partial charge < -0.3 is 16.0 Å². The molecule has 0 atom stereocenters. The van der Waals surface area contributed by atoms with Crippen molar-refractivity contribution in [3.8, 4) is 0 Å². The highest BCUT2D eigenvalue weighted by Crippen LogP contribution is 2.32. The molecule has 0 saturated carbocycles. The molecule has 1 fully saturated rings. The van der Waals surface area contributed by atoms with Crippen LogP contribution >= 0.6 is 0 Å². The summed E-state index contributed by atoms with van der Waals surface area (Å²) >= 11 is 0. The fourth-order valence-electron chi connectivity index (χ4n) is 3.47. The van der Waals surface area contributed by atoms with Crippen LogP contribution in [-0.4, -0.2) is 26.2 Å². The topological polar surface area (TPSA) is 66.0 Å². The Balaban J connectivity index is 1.61. The number of fused-ring (bicyclic) bond motifs is 1. The molecule has 1 aliphatic rings. The van der Waals surface area contributed by atoms with Crippen molar-refractivity contribution in [2.75, 3.05) is 36.8 Å². The molecule has 1 heterocycles. The number of hydrogen-bond donors (Lipinski definition) is 2. The molecule has 0 spiro atoms. The van der Waals surface area contributed by atoms with Gasteiger partial charge in [0.15, 0.2) is 0 Å². The largest absolute Gasteiger partial charge is 0.398 e. The van der Waals surface area contributed by atoms with Gasteiger partial charge in [-0.2, -0.15) is 5.11 Å². The molecule has 3 aromatic rings. The van der Waals surface area contributed by atoms with E-state index >= 15 is 0 Å². The average molecular weight is 345 g/mol. The summed E-state index contributed by atoms with van der Waals surface area (Å²) < 4.78 is 0. The van der Waals surface area contributed by atoms with Gasteiger partial charge in [0.1, 0.15) is 0 Å². The molecule has 3 aromatic carbocycles. The van der Waals surface area contributed by atoms with Gasteiger partial charge in [0.25, 0.3) is 0 Å². The summed E-state index contributed by atoms with van der Waals surface area (Å²) in [5.74, 6) is 0. The number of anilines is 2. The molecule has 0 radical (unpaired) electrons. The van der Waals surface area contributed by atoms with Crippen molar-refractivity contribution in [1.29, 1.82) is 0 Å². The molecular weight excluding hydrogens is 322 g/mol. The van der Waals surface area contributed by atoms with E-state index in [0.717, 1.165) is 54.0 Å². The SMILES string of the molecule is Cc1cc(N=Nc2ccc(N)c3ccccc23)ccc1N1CCNCC1. The number of aryl methyl sites for hydroxylation is 1. The fourth-order valence-corrected chi connectivity index (χ4v) is 3.47. The van der Waals surface area contributed by atoms with Crippen molar-refractivity contribution in [1.82, 2.24) is 5.32 Å². The van der Waals surface area contributed by atoms with E-state index in [9.17, 15) is 0 Å². The van der Waals surface area contributed by atoms with Crippen LogP contribution < -0.4 is 16.0 Å². The predicted octanol–water partition coefficient (Wildman–Crippen LogP) is 4.56. The van der Waals surface area contributed by atoms with Gasteiger partial charge in [-0.3, -0.25) is 0 Å². The zero-order valence-electron chi connectivity index (χ0n) is 14.9. The molecule has 0 unspecified atom stereocenters. The quantitative estimate of drug-likeness (QED) is 0.540. The monoisotopic (exact) mass is 345 g/mol. The third-order valence-corrected chi connectivity index (χ3v) is 4.85. The fraction of sp³-hybridized carbons (Fsp3) is 0.238. The second-order valence-corrected chi connectivity index (χ2v) is 6.63. The highest BCUT2D eigenvalue weighted by molar-refractivity contribution is 5.99. The lowest BCUT2D eigenvalue weighted by atomic mass is 10.1. The summed E-state index contributed by atoms with van der Waals surface area (Å²) in [5, 5.41) is 14.3. The zero-order chi connectivity index (χ0) is 17.9. The van der Waals surface area contributed by atoms with E-state index in [1.54, 1.807) is 0 Å². The molecule has 132 valence electrons. The Morgan fingerprint density at radius 3 is 2.46 bits per heavy atom. The number of nitrogens with two attached hydrogens (primary N) is 1. The summed E-state index contributed by atoms with van der Waals surface area (Å²) in [5.41, 5.74) is 11.0. The third kappa shape index (κ3) is 3.26. The Morgan fingerprint density at radius 2 is 1.69 bits per heavy atom. The number of benzene rings is 3. The van der Waals surface area contributed by atoms with Crippen LogP contribution in [0.2, 0.25) is 0 Å². The Hall–Kier alpha value is -2.92. The average Bonchev–Trinajstić information content (AvgIpc) is 2.68. The summed E-state index contributed by atoms with van der Waals surface area (Å²) in [6.07, 6.45) is 0. The predicted molar refractivity (Wildman–Crippen MR) is 109 cm³/mol. The van der Waals surface area contributed by atoms with Gasteiger partial charge in [0.05, 0.1) is 11.4 Å². The highest BCUT2D eigenvalue weighted by Gasteiger charge is 2.12. The first-order valence-corrected chi connectivity index (χ1v) is 8.98. The number of azo groups is 1. The van der Waals surface area contributed by atoms with E-state index < -0.39 is 0 Å². The van der Waals surface area contributed by atoms with Gasteiger partial charge in [0.2, 0.25) is 0 Å². The van der Waals surface area contributed by atoms with Crippen molar-refractivity contribution in [3.63, 3.8) is 0 Å². The standard InChI is InChI=1S/C21H23N5/c1-15-14-16(6-9-21(15)26-12-10-23-11-13-26)24-25-20-8-7-19(22)17-4-2-3-5-18(17)20/h2-9,14,23H,10-13,22H2,1H3. The first-order valence-electron chi connectivity index (χ1n) is 8.98. The maximum Gasteiger partial charge on any atom is 0.0936 e. The summed E-state index contributed by atoms with van der Waals surface area (Å²) in [7, 11) is 0. The third-order valence-electron chi connectivity index (χ3n) is 4.85. The maximum atomic E-state index is 6.06. The van der Waals surface area contributed by atoms with Crippen molar-refractivity contribution in [2.24, 2.45) is 10.2 Å². The molecule has 0 aliphatic carbocycles. The van der Waals surface area contributed by atoms with E-state index in [2.05, 4.69) is 39.5 Å². The van der Waals surface area contributed by atoms with Gasteiger partial charge in [-0.25, -0.2) is 0 Å². The van der Waals surface area contributed by atoms with Gasteiger partial charge in [-0.05, 0) is 42.8 Å². The Bertz CT molecular complexity index is 958. The van der Waals surface area contributed by atoms with Crippen LogP contribution in [0.15, 0.2) is 64.8 Å². The van der Waals surface area contributed by atoms with E-state index in [1.807, 2.05) is 42.5 Å². The first kappa shape index (κ1) is 16.5. The normalized spacial score (nSPS) is 15.0. The minimum atomic E-state index is 0.760. The van der Waals surface area contributed by atoms with Crippen LogP contribution in [0.5, 0.6) is 0 Å². The number of rotatable bonds is 3. The lowest BCUT2D eigenvalue weighted by Gasteiger charge is -2.30. The molecule has 0 amide bonds. The van der Waals surface area contributed by atoms with Crippen LogP contribution in [0.4, 0.5) is 22.7 Å². The molecule has 3 N–H and O–H groups in total. The number of nitrogens with zero attached hydrogens (tertiary/aromatic N) is 3. The Kier molecular flexibility index (Phi) is 4.54. The van der Waals surface area contributed by atoms with E-state index in [-0.39, 0.29) is 0 Å². The molecule has 26 heavy (non-hydrogen) atoms. The lowest BCUT2D eigenvalue weighted by molar-refractivity contribution is 0.588. The second kappa shape index (κ2) is 7.14. The van der Waals surface area contributed by atoms with Crippen molar-refractivity contribution in [2.45, 2.75) is 6.92 Å². The molecule has 5 nitrogen and oxygen atoms in total. The minimum absolute atomic E-state index is 0.760. The molecule has 5 heteroatoms. The summed E-state index contributed by atoms with van der Waals surface area (Å²) in [6.45, 7) is 6.28. The van der Waals surface area contributed by atoms with Gasteiger partial charge in [-0.15, -0.1) is 5.11 Å². The first-order chi connectivity index (χ1) is 12.7. The van der Waals surface area contributed by atoms with E-state index in [1.165, 1.54) is 11.3 Å².